The third-order valence-corrected chi connectivity index (χ3v) is 1.64. The Kier molecular flexibility index (Phi) is 5.97. The zero-order valence-corrected chi connectivity index (χ0v) is 7.85. The molecule has 0 spiro atoms. The van der Waals surface area contributed by atoms with Crippen LogP contribution in [-0.4, -0.2) is 12.6 Å². The molecule has 0 aliphatic carbocycles. The van der Waals surface area contributed by atoms with Crippen LogP contribution in [0.5, 0.6) is 0 Å². The van der Waals surface area contributed by atoms with E-state index in [1.807, 2.05) is 0 Å². The van der Waals surface area contributed by atoms with Crippen molar-refractivity contribution in [2.75, 3.05) is 6.54 Å². The Balaban J connectivity index is 3.18. The topological polar surface area (TPSA) is 12.0 Å². The molecular weight excluding hydrogens is 134 g/mol. The van der Waals surface area contributed by atoms with E-state index in [0.717, 1.165) is 18.9 Å². The van der Waals surface area contributed by atoms with Crippen LogP contribution >= 0.6 is 0 Å². The Bertz CT molecular complexity index is 121. The van der Waals surface area contributed by atoms with Crippen molar-refractivity contribution in [2.45, 2.75) is 39.7 Å². The normalized spacial score (nSPS) is 13.0. The van der Waals surface area contributed by atoms with Crippen LogP contribution in [-0.2, 0) is 0 Å². The number of hydrogen-bond acceptors (Lipinski definition) is 1. The van der Waals surface area contributed by atoms with E-state index in [2.05, 4.69) is 32.0 Å². The first kappa shape index (κ1) is 10.5. The summed E-state index contributed by atoms with van der Waals surface area (Å²) < 4.78 is 0. The van der Waals surface area contributed by atoms with E-state index in [4.69, 9.17) is 6.42 Å². The average molecular weight is 153 g/mol. The predicted octanol–water partition coefficient (Wildman–Crippen LogP) is 2.03. The van der Waals surface area contributed by atoms with E-state index in [1.165, 1.54) is 6.42 Å². The molecular formula is C10H19N. The van der Waals surface area contributed by atoms with E-state index >= 15 is 0 Å². The van der Waals surface area contributed by atoms with Crippen LogP contribution in [0.2, 0.25) is 0 Å². The first-order valence-corrected chi connectivity index (χ1v) is 4.33. The first-order valence-electron chi connectivity index (χ1n) is 4.33. The van der Waals surface area contributed by atoms with Crippen LogP contribution in [0.15, 0.2) is 0 Å². The van der Waals surface area contributed by atoms with E-state index in [9.17, 15) is 0 Å². The highest BCUT2D eigenvalue weighted by molar-refractivity contribution is 4.87. The second kappa shape index (κ2) is 6.24. The molecule has 0 bridgehead atoms. The standard InChI is InChI=1S/C10H19N/c1-5-6-10(4)11-8-7-9(2)3/h1,9-11H,6-8H2,2-4H3. The molecule has 0 saturated heterocycles. The Labute approximate surface area is 70.6 Å². The lowest BCUT2D eigenvalue weighted by atomic mass is 10.1. The van der Waals surface area contributed by atoms with E-state index in [1.54, 1.807) is 0 Å². The smallest absolute Gasteiger partial charge is 0.0238 e. The molecule has 64 valence electrons. The Hall–Kier alpha value is -0.480. The van der Waals surface area contributed by atoms with Gasteiger partial charge in [-0.15, -0.1) is 12.3 Å². The minimum absolute atomic E-state index is 0.471. The fraction of sp³-hybridized carbons (Fsp3) is 0.800. The van der Waals surface area contributed by atoms with Crippen molar-refractivity contribution in [3.05, 3.63) is 0 Å². The maximum atomic E-state index is 5.17. The van der Waals surface area contributed by atoms with E-state index in [-0.39, 0.29) is 0 Å². The van der Waals surface area contributed by atoms with Crippen LogP contribution in [0.4, 0.5) is 0 Å². The van der Waals surface area contributed by atoms with Crippen molar-refractivity contribution < 1.29 is 0 Å². The number of nitrogens with one attached hydrogen (secondary N) is 1. The predicted molar refractivity (Wildman–Crippen MR) is 50.4 cm³/mol. The molecule has 0 aromatic rings. The molecule has 0 rings (SSSR count). The monoisotopic (exact) mass is 153 g/mol. The quantitative estimate of drug-likeness (QED) is 0.596. The highest BCUT2D eigenvalue weighted by Crippen LogP contribution is 1.97. The van der Waals surface area contributed by atoms with Gasteiger partial charge in [-0.1, -0.05) is 13.8 Å². The molecule has 0 aromatic carbocycles. The second-order valence-corrected chi connectivity index (χ2v) is 3.45. The third-order valence-electron chi connectivity index (χ3n) is 1.64. The van der Waals surface area contributed by atoms with Crippen LogP contribution in [0.3, 0.4) is 0 Å². The average Bonchev–Trinajstić information content (AvgIpc) is 1.87. The lowest BCUT2D eigenvalue weighted by Crippen LogP contribution is -2.27. The van der Waals surface area contributed by atoms with Gasteiger partial charge in [0.2, 0.25) is 0 Å². The van der Waals surface area contributed by atoms with Crippen LogP contribution in [0.1, 0.15) is 33.6 Å². The molecule has 0 aliphatic heterocycles. The molecule has 11 heavy (non-hydrogen) atoms. The summed E-state index contributed by atoms with van der Waals surface area (Å²) in [6.45, 7) is 7.67. The van der Waals surface area contributed by atoms with Crippen LogP contribution in [0.25, 0.3) is 0 Å². The summed E-state index contributed by atoms with van der Waals surface area (Å²) in [6, 6.07) is 0.471. The van der Waals surface area contributed by atoms with Gasteiger partial charge in [0.1, 0.15) is 0 Å². The molecule has 1 unspecified atom stereocenters. The molecule has 0 radical (unpaired) electrons. The lowest BCUT2D eigenvalue weighted by Gasteiger charge is -2.11. The maximum Gasteiger partial charge on any atom is 0.0238 e. The summed E-state index contributed by atoms with van der Waals surface area (Å²) in [5, 5.41) is 3.37. The largest absolute Gasteiger partial charge is 0.313 e. The van der Waals surface area contributed by atoms with Gasteiger partial charge in [0.05, 0.1) is 0 Å². The van der Waals surface area contributed by atoms with Crippen molar-refractivity contribution in [1.29, 1.82) is 0 Å². The minimum atomic E-state index is 0.471. The molecule has 1 atom stereocenters. The molecule has 0 fully saturated rings. The van der Waals surface area contributed by atoms with Gasteiger partial charge in [-0.3, -0.25) is 0 Å². The lowest BCUT2D eigenvalue weighted by molar-refractivity contribution is 0.492. The summed E-state index contributed by atoms with van der Waals surface area (Å²) in [5.74, 6) is 3.42. The maximum absolute atomic E-state index is 5.17. The Morgan fingerprint density at radius 2 is 2.00 bits per heavy atom. The fourth-order valence-electron chi connectivity index (χ4n) is 0.867. The molecule has 0 saturated carbocycles. The van der Waals surface area contributed by atoms with E-state index in [0.29, 0.717) is 6.04 Å². The summed E-state index contributed by atoms with van der Waals surface area (Å²) in [6.07, 6.45) is 7.23. The summed E-state index contributed by atoms with van der Waals surface area (Å²) in [5.41, 5.74) is 0. The Morgan fingerprint density at radius 3 is 2.45 bits per heavy atom. The van der Waals surface area contributed by atoms with Gasteiger partial charge in [-0.05, 0) is 25.8 Å². The highest BCUT2D eigenvalue weighted by Gasteiger charge is 1.98. The van der Waals surface area contributed by atoms with Crippen LogP contribution in [0, 0.1) is 18.3 Å². The third kappa shape index (κ3) is 7.42. The van der Waals surface area contributed by atoms with Crippen LogP contribution < -0.4 is 5.32 Å². The number of rotatable bonds is 5. The highest BCUT2D eigenvalue weighted by atomic mass is 14.9. The summed E-state index contributed by atoms with van der Waals surface area (Å²) in [7, 11) is 0. The van der Waals surface area contributed by atoms with Gasteiger partial charge >= 0.3 is 0 Å². The van der Waals surface area contributed by atoms with Gasteiger partial charge in [0, 0.05) is 12.5 Å². The summed E-state index contributed by atoms with van der Waals surface area (Å²) in [4.78, 5) is 0. The van der Waals surface area contributed by atoms with Gasteiger partial charge < -0.3 is 5.32 Å². The van der Waals surface area contributed by atoms with Gasteiger partial charge in [0.15, 0.2) is 0 Å². The molecule has 0 heterocycles. The molecule has 0 aliphatic rings. The zero-order valence-electron chi connectivity index (χ0n) is 7.85. The van der Waals surface area contributed by atoms with Crippen molar-refractivity contribution in [3.63, 3.8) is 0 Å². The van der Waals surface area contributed by atoms with Gasteiger partial charge in [-0.2, -0.15) is 0 Å². The molecule has 0 amide bonds. The molecule has 0 aromatic heterocycles. The fourth-order valence-corrected chi connectivity index (χ4v) is 0.867. The summed E-state index contributed by atoms with van der Waals surface area (Å²) >= 11 is 0. The van der Waals surface area contributed by atoms with Crippen molar-refractivity contribution in [1.82, 2.24) is 5.32 Å². The van der Waals surface area contributed by atoms with Crippen molar-refractivity contribution in [2.24, 2.45) is 5.92 Å². The molecule has 1 nitrogen and oxygen atoms in total. The molecule has 1 heteroatoms. The Morgan fingerprint density at radius 1 is 1.36 bits per heavy atom. The minimum Gasteiger partial charge on any atom is -0.313 e. The zero-order chi connectivity index (χ0) is 8.69. The van der Waals surface area contributed by atoms with E-state index < -0.39 is 0 Å². The number of hydrogen-bond donors (Lipinski definition) is 1. The molecule has 1 N–H and O–H groups in total. The second-order valence-electron chi connectivity index (χ2n) is 3.45. The van der Waals surface area contributed by atoms with Gasteiger partial charge in [-0.25, -0.2) is 0 Å². The van der Waals surface area contributed by atoms with Crippen molar-refractivity contribution >= 4 is 0 Å². The van der Waals surface area contributed by atoms with Crippen molar-refractivity contribution in [3.8, 4) is 12.3 Å². The SMILES string of the molecule is C#CCC(C)NCCC(C)C. The first-order chi connectivity index (χ1) is 5.16. The van der Waals surface area contributed by atoms with Gasteiger partial charge in [0.25, 0.3) is 0 Å². The number of terminal acetylenes is 1.